The third kappa shape index (κ3) is 2.76. The number of hydrogen-bond donors (Lipinski definition) is 0. The molecule has 0 aliphatic heterocycles. The molecule has 0 saturated carbocycles. The molecule has 6 heteroatoms. The van der Waals surface area contributed by atoms with Crippen LogP contribution in [0.2, 0.25) is 10.3 Å². The van der Waals surface area contributed by atoms with Crippen LogP contribution in [0.1, 0.15) is 11.1 Å². The van der Waals surface area contributed by atoms with E-state index in [9.17, 15) is 8.78 Å². The molecule has 1 heterocycles. The summed E-state index contributed by atoms with van der Waals surface area (Å²) in [4.78, 5) is 7.31. The molecule has 0 spiro atoms. The van der Waals surface area contributed by atoms with Gasteiger partial charge >= 0.3 is 0 Å². The Bertz CT molecular complexity index is 527. The Kier molecular flexibility index (Phi) is 3.78. The van der Waals surface area contributed by atoms with Crippen LogP contribution in [0.3, 0.4) is 0 Å². The van der Waals surface area contributed by atoms with Crippen molar-refractivity contribution < 1.29 is 8.78 Å². The zero-order valence-corrected chi connectivity index (χ0v) is 10.6. The molecule has 0 amide bonds. The Hall–Kier alpha value is -1.26. The predicted molar refractivity (Wildman–Crippen MR) is 66.1 cm³/mol. The molecule has 2 aromatic rings. The Balaban J connectivity index is 2.34. The van der Waals surface area contributed by atoms with Crippen molar-refractivity contribution in [2.75, 3.05) is 0 Å². The minimum Gasteiger partial charge on any atom is -0.224 e. The second-order valence-corrected chi connectivity index (χ2v) is 4.40. The lowest BCUT2D eigenvalue weighted by atomic mass is 10.0. The van der Waals surface area contributed by atoms with Crippen LogP contribution in [0.25, 0.3) is 0 Å². The number of alkyl halides is 2. The van der Waals surface area contributed by atoms with Crippen LogP contribution in [0.5, 0.6) is 0 Å². The first-order valence-electron chi connectivity index (χ1n) is 5.09. The van der Waals surface area contributed by atoms with Crippen molar-refractivity contribution in [1.29, 1.82) is 0 Å². The molecule has 18 heavy (non-hydrogen) atoms. The minimum atomic E-state index is -3.07. The van der Waals surface area contributed by atoms with Crippen LogP contribution in [-0.2, 0) is 12.3 Å². The molecular weight excluding hydrogens is 281 g/mol. The van der Waals surface area contributed by atoms with Crippen molar-refractivity contribution in [2.45, 2.75) is 12.3 Å². The van der Waals surface area contributed by atoms with Gasteiger partial charge in [-0.25, -0.2) is 18.7 Å². The summed E-state index contributed by atoms with van der Waals surface area (Å²) in [6.07, 6.45) is 0.504. The Morgan fingerprint density at radius 3 is 2.11 bits per heavy atom. The monoisotopic (exact) mass is 288 g/mol. The largest absolute Gasteiger partial charge is 0.277 e. The standard InChI is InChI=1S/C12H8Cl2F2N2/c13-10-9(11(14)18-7-17-10)6-12(15,16)8-4-2-1-3-5-8/h1-5,7H,6H2. The van der Waals surface area contributed by atoms with Crippen LogP contribution in [0.4, 0.5) is 8.78 Å². The van der Waals surface area contributed by atoms with Crippen LogP contribution in [0, 0.1) is 0 Å². The SMILES string of the molecule is FC(F)(Cc1c(Cl)ncnc1Cl)c1ccccc1. The molecule has 2 rings (SSSR count). The Labute approximate surface area is 113 Å². The zero-order valence-electron chi connectivity index (χ0n) is 9.08. The van der Waals surface area contributed by atoms with E-state index in [1.165, 1.54) is 12.1 Å². The Morgan fingerprint density at radius 2 is 1.56 bits per heavy atom. The number of nitrogens with zero attached hydrogens (tertiary/aromatic N) is 2. The molecule has 0 saturated heterocycles. The van der Waals surface area contributed by atoms with Crippen LogP contribution in [0.15, 0.2) is 36.7 Å². The van der Waals surface area contributed by atoms with E-state index < -0.39 is 12.3 Å². The minimum absolute atomic E-state index is 0.0504. The second kappa shape index (κ2) is 5.16. The number of benzene rings is 1. The first-order valence-corrected chi connectivity index (χ1v) is 5.84. The fourth-order valence-electron chi connectivity index (χ4n) is 1.52. The van der Waals surface area contributed by atoms with Crippen molar-refractivity contribution in [3.05, 3.63) is 58.1 Å². The van der Waals surface area contributed by atoms with E-state index in [1.807, 2.05) is 0 Å². The average Bonchev–Trinajstić information content (AvgIpc) is 2.35. The van der Waals surface area contributed by atoms with Gasteiger partial charge < -0.3 is 0 Å². The van der Waals surface area contributed by atoms with Gasteiger partial charge in [0.05, 0.1) is 0 Å². The summed E-state index contributed by atoms with van der Waals surface area (Å²) in [7, 11) is 0. The van der Waals surface area contributed by atoms with Gasteiger partial charge in [0.2, 0.25) is 0 Å². The molecule has 1 aromatic heterocycles. The molecule has 94 valence electrons. The van der Waals surface area contributed by atoms with Crippen molar-refractivity contribution in [3.8, 4) is 0 Å². The van der Waals surface area contributed by atoms with E-state index in [4.69, 9.17) is 23.2 Å². The maximum atomic E-state index is 14.0. The van der Waals surface area contributed by atoms with Gasteiger partial charge in [0.15, 0.2) is 0 Å². The van der Waals surface area contributed by atoms with E-state index in [0.29, 0.717) is 0 Å². The fourth-order valence-corrected chi connectivity index (χ4v) is 1.97. The van der Waals surface area contributed by atoms with Gasteiger partial charge in [-0.2, -0.15) is 0 Å². The molecular formula is C12H8Cl2F2N2. The predicted octanol–water partition coefficient (Wildman–Crippen LogP) is 4.12. The lowest BCUT2D eigenvalue weighted by molar-refractivity contribution is -0.00394. The molecule has 1 aromatic carbocycles. The third-order valence-corrected chi connectivity index (χ3v) is 3.09. The highest BCUT2D eigenvalue weighted by atomic mass is 35.5. The third-order valence-electron chi connectivity index (χ3n) is 2.44. The van der Waals surface area contributed by atoms with Gasteiger partial charge in [0.1, 0.15) is 16.6 Å². The van der Waals surface area contributed by atoms with E-state index in [1.54, 1.807) is 18.2 Å². The zero-order chi connectivity index (χ0) is 13.2. The summed E-state index contributed by atoms with van der Waals surface area (Å²) in [6, 6.07) is 7.48. The van der Waals surface area contributed by atoms with E-state index >= 15 is 0 Å². The maximum absolute atomic E-state index is 14.0. The van der Waals surface area contributed by atoms with Crippen LogP contribution >= 0.6 is 23.2 Å². The molecule has 2 nitrogen and oxygen atoms in total. The van der Waals surface area contributed by atoms with E-state index in [2.05, 4.69) is 9.97 Å². The van der Waals surface area contributed by atoms with Gasteiger partial charge in [-0.1, -0.05) is 53.5 Å². The summed E-state index contributed by atoms with van der Waals surface area (Å²) in [5.41, 5.74) is -0.0457. The Morgan fingerprint density at radius 1 is 1.00 bits per heavy atom. The molecule has 0 radical (unpaired) electrons. The lowest BCUT2D eigenvalue weighted by Crippen LogP contribution is -2.17. The smallest absolute Gasteiger partial charge is 0.224 e. The molecule has 0 atom stereocenters. The lowest BCUT2D eigenvalue weighted by Gasteiger charge is -2.17. The fraction of sp³-hybridized carbons (Fsp3) is 0.167. The summed E-state index contributed by atoms with van der Waals surface area (Å²) >= 11 is 11.5. The molecule has 0 N–H and O–H groups in total. The van der Waals surface area contributed by atoms with Gasteiger partial charge in [-0.05, 0) is 0 Å². The van der Waals surface area contributed by atoms with Crippen LogP contribution in [-0.4, -0.2) is 9.97 Å². The first kappa shape index (κ1) is 13.2. The van der Waals surface area contributed by atoms with Gasteiger partial charge in [-0.15, -0.1) is 0 Å². The van der Waals surface area contributed by atoms with Crippen molar-refractivity contribution in [3.63, 3.8) is 0 Å². The van der Waals surface area contributed by atoms with E-state index in [-0.39, 0.29) is 21.4 Å². The van der Waals surface area contributed by atoms with Gasteiger partial charge in [0, 0.05) is 17.5 Å². The van der Waals surface area contributed by atoms with Crippen molar-refractivity contribution in [2.24, 2.45) is 0 Å². The molecule has 0 aliphatic rings. The van der Waals surface area contributed by atoms with Gasteiger partial charge in [-0.3, -0.25) is 0 Å². The van der Waals surface area contributed by atoms with Crippen molar-refractivity contribution >= 4 is 23.2 Å². The number of aromatic nitrogens is 2. The molecule has 0 fully saturated rings. The normalized spacial score (nSPS) is 11.6. The molecule has 0 aliphatic carbocycles. The number of hydrogen-bond acceptors (Lipinski definition) is 2. The highest BCUT2D eigenvalue weighted by Crippen LogP contribution is 2.35. The van der Waals surface area contributed by atoms with E-state index in [0.717, 1.165) is 6.33 Å². The first-order chi connectivity index (χ1) is 8.50. The summed E-state index contributed by atoms with van der Waals surface area (Å²) in [6.45, 7) is 0. The highest BCUT2D eigenvalue weighted by Gasteiger charge is 2.33. The van der Waals surface area contributed by atoms with Crippen LogP contribution < -0.4 is 0 Å². The van der Waals surface area contributed by atoms with Gasteiger partial charge in [0.25, 0.3) is 5.92 Å². The summed E-state index contributed by atoms with van der Waals surface area (Å²) in [5, 5.41) is -0.101. The average molecular weight is 289 g/mol. The molecule has 0 unspecified atom stereocenters. The highest BCUT2D eigenvalue weighted by molar-refractivity contribution is 6.34. The quantitative estimate of drug-likeness (QED) is 0.794. The summed E-state index contributed by atoms with van der Waals surface area (Å²) < 4.78 is 28.1. The number of halogens is 4. The van der Waals surface area contributed by atoms with Crippen molar-refractivity contribution in [1.82, 2.24) is 9.97 Å². The topological polar surface area (TPSA) is 25.8 Å². The molecule has 0 bridgehead atoms. The number of rotatable bonds is 3. The second-order valence-electron chi connectivity index (χ2n) is 3.68. The maximum Gasteiger partial charge on any atom is 0.277 e. The summed E-state index contributed by atoms with van der Waals surface area (Å²) in [5.74, 6) is -3.07.